The molecule has 0 aliphatic carbocycles. The molecule has 1 atom stereocenters. The number of thiazole rings is 1. The fraction of sp³-hybridized carbons (Fsp3) is 0.190. The lowest BCUT2D eigenvalue weighted by Gasteiger charge is -2.30. The monoisotopic (exact) mass is 443 g/mol. The van der Waals surface area contributed by atoms with E-state index < -0.39 is 6.10 Å². The molecule has 0 saturated heterocycles. The van der Waals surface area contributed by atoms with Crippen LogP contribution in [0.15, 0.2) is 47.8 Å². The minimum atomic E-state index is -0.510. The molecule has 3 aromatic rings. The maximum absolute atomic E-state index is 12.2. The highest BCUT2D eigenvalue weighted by Gasteiger charge is 2.29. The molecule has 0 saturated carbocycles. The molecule has 0 bridgehead atoms. The average Bonchev–Trinajstić information content (AvgIpc) is 3.20. The summed E-state index contributed by atoms with van der Waals surface area (Å²) in [5.41, 5.74) is 2.20. The molecule has 1 aliphatic rings. The van der Waals surface area contributed by atoms with Gasteiger partial charge in [0.15, 0.2) is 17.8 Å². The molecule has 4 rings (SSSR count). The van der Waals surface area contributed by atoms with Crippen LogP contribution in [0.5, 0.6) is 11.5 Å². The zero-order chi connectivity index (χ0) is 21.3. The van der Waals surface area contributed by atoms with Crippen molar-refractivity contribution in [1.82, 2.24) is 4.98 Å². The van der Waals surface area contributed by atoms with Crippen molar-refractivity contribution in [2.24, 2.45) is 0 Å². The smallest absolute Gasteiger partial charge is 0.267 e. The Labute approximate surface area is 182 Å². The van der Waals surface area contributed by atoms with E-state index >= 15 is 0 Å². The third kappa shape index (κ3) is 4.24. The number of carbonyl (C=O) groups is 2. The van der Waals surface area contributed by atoms with Gasteiger partial charge in [-0.15, -0.1) is 11.3 Å². The van der Waals surface area contributed by atoms with Crippen LogP contribution in [0, 0.1) is 0 Å². The highest BCUT2D eigenvalue weighted by atomic mass is 35.5. The first-order chi connectivity index (χ1) is 14.4. The zero-order valence-corrected chi connectivity index (χ0v) is 17.8. The van der Waals surface area contributed by atoms with Crippen molar-refractivity contribution in [2.45, 2.75) is 13.0 Å². The Morgan fingerprint density at radius 3 is 2.83 bits per heavy atom. The van der Waals surface area contributed by atoms with E-state index in [0.29, 0.717) is 33.0 Å². The topological polar surface area (TPSA) is 80.8 Å². The number of anilines is 2. The Morgan fingerprint density at radius 2 is 2.07 bits per heavy atom. The van der Waals surface area contributed by atoms with Gasteiger partial charge < -0.3 is 14.4 Å². The number of aromatic nitrogens is 1. The van der Waals surface area contributed by atoms with Gasteiger partial charge in [-0.3, -0.25) is 14.9 Å². The number of hydrogen-bond donors (Lipinski definition) is 1. The standard InChI is InChI=1S/C21H18ClN3O4S/c1-12-20(27)25(2)17-9-13(3-8-18(17)29-12)16-11-30-21(23-16)24-19(26)10-28-15-6-4-14(22)5-7-15/h3-9,11-12H,10H2,1-2H3,(H,23,24,26)/t12-/m1/s1. The third-order valence-corrected chi connectivity index (χ3v) is 5.54. The number of amides is 2. The normalized spacial score (nSPS) is 15.4. The van der Waals surface area contributed by atoms with Gasteiger partial charge in [-0.25, -0.2) is 4.98 Å². The summed E-state index contributed by atoms with van der Waals surface area (Å²) >= 11 is 7.13. The summed E-state index contributed by atoms with van der Waals surface area (Å²) in [5, 5.41) is 5.62. The summed E-state index contributed by atoms with van der Waals surface area (Å²) in [5.74, 6) is 0.783. The number of nitrogens with one attached hydrogen (secondary N) is 1. The highest BCUT2D eigenvalue weighted by Crippen LogP contribution is 2.37. The number of likely N-dealkylation sites (N-methyl/N-ethyl adjacent to an activating group) is 1. The quantitative estimate of drug-likeness (QED) is 0.638. The van der Waals surface area contributed by atoms with Crippen LogP contribution in [0.4, 0.5) is 10.8 Å². The molecule has 1 aliphatic heterocycles. The largest absolute Gasteiger partial charge is 0.484 e. The van der Waals surface area contributed by atoms with Gasteiger partial charge in [0.1, 0.15) is 11.5 Å². The molecule has 7 nitrogen and oxygen atoms in total. The first-order valence-corrected chi connectivity index (χ1v) is 10.4. The highest BCUT2D eigenvalue weighted by molar-refractivity contribution is 7.14. The molecule has 0 radical (unpaired) electrons. The van der Waals surface area contributed by atoms with E-state index in [9.17, 15) is 9.59 Å². The second kappa shape index (κ2) is 8.33. The van der Waals surface area contributed by atoms with Gasteiger partial charge in [0.25, 0.3) is 11.8 Å². The Morgan fingerprint density at radius 1 is 1.30 bits per heavy atom. The molecule has 2 amide bonds. The number of fused-ring (bicyclic) bond motifs is 1. The lowest BCUT2D eigenvalue weighted by molar-refractivity contribution is -0.125. The average molecular weight is 444 g/mol. The summed E-state index contributed by atoms with van der Waals surface area (Å²) in [7, 11) is 1.72. The van der Waals surface area contributed by atoms with Crippen LogP contribution in [0.2, 0.25) is 5.02 Å². The Hall–Kier alpha value is -3.10. The molecule has 0 unspecified atom stereocenters. The number of rotatable bonds is 5. The fourth-order valence-electron chi connectivity index (χ4n) is 2.97. The summed E-state index contributed by atoms with van der Waals surface area (Å²) < 4.78 is 11.1. The van der Waals surface area contributed by atoms with Gasteiger partial charge in [0, 0.05) is 23.0 Å². The maximum atomic E-state index is 12.2. The van der Waals surface area contributed by atoms with Crippen molar-refractivity contribution in [2.75, 3.05) is 23.9 Å². The fourth-order valence-corrected chi connectivity index (χ4v) is 3.83. The predicted molar refractivity (Wildman–Crippen MR) is 117 cm³/mol. The molecule has 1 N–H and O–H groups in total. The molecule has 0 spiro atoms. The van der Waals surface area contributed by atoms with Crippen LogP contribution in [-0.2, 0) is 9.59 Å². The first kappa shape index (κ1) is 20.2. The van der Waals surface area contributed by atoms with E-state index in [2.05, 4.69) is 10.3 Å². The van der Waals surface area contributed by atoms with Gasteiger partial charge in [-0.2, -0.15) is 0 Å². The van der Waals surface area contributed by atoms with Crippen molar-refractivity contribution >= 4 is 45.6 Å². The maximum Gasteiger partial charge on any atom is 0.267 e. The van der Waals surface area contributed by atoms with Gasteiger partial charge in [0.2, 0.25) is 0 Å². The molecule has 0 fully saturated rings. The van der Waals surface area contributed by atoms with Gasteiger partial charge in [0.05, 0.1) is 11.4 Å². The summed E-state index contributed by atoms with van der Waals surface area (Å²) in [6.07, 6.45) is -0.510. The van der Waals surface area contributed by atoms with Crippen LogP contribution < -0.4 is 19.7 Å². The first-order valence-electron chi connectivity index (χ1n) is 9.13. The SMILES string of the molecule is C[C@H]1Oc2ccc(-c3csc(NC(=O)COc4ccc(Cl)cc4)n3)cc2N(C)C1=O. The Bertz CT molecular complexity index is 1100. The van der Waals surface area contributed by atoms with E-state index in [1.807, 2.05) is 23.6 Å². The second-order valence-electron chi connectivity index (χ2n) is 6.67. The zero-order valence-electron chi connectivity index (χ0n) is 16.2. The summed E-state index contributed by atoms with van der Waals surface area (Å²) in [6, 6.07) is 12.3. The third-order valence-electron chi connectivity index (χ3n) is 4.53. The van der Waals surface area contributed by atoms with Crippen LogP contribution in [0.1, 0.15) is 6.92 Å². The lowest BCUT2D eigenvalue weighted by Crippen LogP contribution is -2.41. The molecule has 9 heteroatoms. The number of ether oxygens (including phenoxy) is 2. The van der Waals surface area contributed by atoms with E-state index in [0.717, 1.165) is 5.56 Å². The van der Waals surface area contributed by atoms with Gasteiger partial charge in [-0.05, 0) is 49.4 Å². The van der Waals surface area contributed by atoms with Crippen LogP contribution in [0.25, 0.3) is 11.3 Å². The molecule has 2 heterocycles. The van der Waals surface area contributed by atoms with Gasteiger partial charge >= 0.3 is 0 Å². The number of benzene rings is 2. The van der Waals surface area contributed by atoms with E-state index in [1.165, 1.54) is 11.3 Å². The molecule has 2 aromatic carbocycles. The van der Waals surface area contributed by atoms with Crippen molar-refractivity contribution in [1.29, 1.82) is 0 Å². The number of carbonyl (C=O) groups excluding carboxylic acids is 2. The number of halogens is 1. The second-order valence-corrected chi connectivity index (χ2v) is 7.96. The molecule has 30 heavy (non-hydrogen) atoms. The van der Waals surface area contributed by atoms with Crippen molar-refractivity contribution in [3.05, 3.63) is 52.9 Å². The van der Waals surface area contributed by atoms with Gasteiger partial charge in [-0.1, -0.05) is 11.6 Å². The molecule has 154 valence electrons. The minimum Gasteiger partial charge on any atom is -0.484 e. The van der Waals surface area contributed by atoms with Crippen molar-refractivity contribution in [3.8, 4) is 22.8 Å². The predicted octanol–water partition coefficient (Wildman–Crippen LogP) is 4.22. The molecular weight excluding hydrogens is 426 g/mol. The van der Waals surface area contributed by atoms with Crippen LogP contribution >= 0.6 is 22.9 Å². The minimum absolute atomic E-state index is 0.105. The lowest BCUT2D eigenvalue weighted by atomic mass is 10.1. The summed E-state index contributed by atoms with van der Waals surface area (Å²) in [6.45, 7) is 1.58. The van der Waals surface area contributed by atoms with Crippen LogP contribution in [0.3, 0.4) is 0 Å². The molecule has 1 aromatic heterocycles. The van der Waals surface area contributed by atoms with Crippen LogP contribution in [-0.4, -0.2) is 36.6 Å². The summed E-state index contributed by atoms with van der Waals surface area (Å²) in [4.78, 5) is 30.4. The molecular formula is C21H18ClN3O4S. The van der Waals surface area contributed by atoms with E-state index in [4.69, 9.17) is 21.1 Å². The number of hydrogen-bond acceptors (Lipinski definition) is 6. The Kier molecular flexibility index (Phi) is 5.61. The number of nitrogens with zero attached hydrogens (tertiary/aromatic N) is 2. The van der Waals surface area contributed by atoms with E-state index in [-0.39, 0.29) is 18.4 Å². The van der Waals surface area contributed by atoms with E-state index in [1.54, 1.807) is 43.1 Å². The Balaban J connectivity index is 1.42. The van der Waals surface area contributed by atoms with Crippen molar-refractivity contribution < 1.29 is 19.1 Å². The van der Waals surface area contributed by atoms with Crippen molar-refractivity contribution in [3.63, 3.8) is 0 Å².